The van der Waals surface area contributed by atoms with Crippen LogP contribution >= 0.6 is 0 Å². The van der Waals surface area contributed by atoms with Crippen LogP contribution in [0.15, 0.2) is 0 Å². The summed E-state index contributed by atoms with van der Waals surface area (Å²) in [6.45, 7) is 2.65. The lowest BCUT2D eigenvalue weighted by atomic mass is 10.3. The maximum Gasteiger partial charge on any atom is 0.408 e. The lowest BCUT2D eigenvalue weighted by molar-refractivity contribution is 0.146. The van der Waals surface area contributed by atoms with E-state index in [1.807, 2.05) is 6.92 Å². The van der Waals surface area contributed by atoms with Crippen LogP contribution in [0.25, 0.3) is 0 Å². The molecule has 0 radical (unpaired) electrons. The lowest BCUT2D eigenvalue weighted by Gasteiger charge is -2.15. The number of amides is 1. The zero-order chi connectivity index (χ0) is 7.98. The molecule has 0 aliphatic rings. The number of carboxylic acid groups (broad SMARTS) is 1. The number of unbranched alkanes of at least 4 members (excludes halogenated alkanes) is 1. The van der Waals surface area contributed by atoms with Gasteiger partial charge in [-0.3, -0.25) is 4.90 Å². The van der Waals surface area contributed by atoms with Gasteiger partial charge in [-0.25, -0.2) is 4.79 Å². The summed E-state index contributed by atoms with van der Waals surface area (Å²) >= 11 is 0. The van der Waals surface area contributed by atoms with E-state index >= 15 is 0 Å². The van der Waals surface area contributed by atoms with Gasteiger partial charge in [0.2, 0.25) is 0 Å². The fraction of sp³-hybridized carbons (Fsp3) is 0.833. The topological polar surface area (TPSA) is 66.6 Å². The predicted octanol–water partition coefficient (Wildman–Crippen LogP) is 0.683. The molecule has 0 bridgehead atoms. The van der Waals surface area contributed by atoms with Crippen molar-refractivity contribution in [2.45, 2.75) is 19.8 Å². The number of hydrogen-bond donors (Lipinski definition) is 2. The first-order chi connectivity index (χ1) is 4.72. The molecule has 0 rings (SSSR count). The molecular formula is C6H14N2O2. The van der Waals surface area contributed by atoms with Crippen LogP contribution in [0.1, 0.15) is 19.8 Å². The van der Waals surface area contributed by atoms with Crippen molar-refractivity contribution in [3.8, 4) is 0 Å². The van der Waals surface area contributed by atoms with Gasteiger partial charge in [0.05, 0.1) is 6.67 Å². The van der Waals surface area contributed by atoms with Gasteiger partial charge in [-0.15, -0.1) is 0 Å². The van der Waals surface area contributed by atoms with Crippen molar-refractivity contribution in [3.63, 3.8) is 0 Å². The lowest BCUT2D eigenvalue weighted by Crippen LogP contribution is -2.35. The Morgan fingerprint density at radius 2 is 2.30 bits per heavy atom. The second kappa shape index (κ2) is 5.05. The molecule has 4 nitrogen and oxygen atoms in total. The summed E-state index contributed by atoms with van der Waals surface area (Å²) in [6.07, 6.45) is 0.934. The zero-order valence-electron chi connectivity index (χ0n) is 6.21. The minimum absolute atomic E-state index is 0.0926. The zero-order valence-corrected chi connectivity index (χ0v) is 6.21. The van der Waals surface area contributed by atoms with Gasteiger partial charge >= 0.3 is 6.09 Å². The van der Waals surface area contributed by atoms with Crippen molar-refractivity contribution in [1.29, 1.82) is 0 Å². The maximum atomic E-state index is 10.3. The third-order valence-corrected chi connectivity index (χ3v) is 1.27. The first kappa shape index (κ1) is 9.23. The first-order valence-electron chi connectivity index (χ1n) is 3.40. The average molecular weight is 146 g/mol. The fourth-order valence-corrected chi connectivity index (χ4v) is 0.614. The van der Waals surface area contributed by atoms with Crippen LogP contribution in [0.5, 0.6) is 0 Å². The largest absolute Gasteiger partial charge is 0.465 e. The number of hydrogen-bond acceptors (Lipinski definition) is 2. The Morgan fingerprint density at radius 1 is 1.70 bits per heavy atom. The van der Waals surface area contributed by atoms with Gasteiger partial charge in [0.25, 0.3) is 0 Å². The quantitative estimate of drug-likeness (QED) is 0.573. The summed E-state index contributed by atoms with van der Waals surface area (Å²) in [5.74, 6) is 0. The molecule has 0 spiro atoms. The van der Waals surface area contributed by atoms with Gasteiger partial charge < -0.3 is 10.8 Å². The normalized spacial score (nSPS) is 9.40. The minimum Gasteiger partial charge on any atom is -0.465 e. The highest BCUT2D eigenvalue weighted by atomic mass is 16.4. The molecule has 0 unspecified atom stereocenters. The summed E-state index contributed by atoms with van der Waals surface area (Å²) in [6, 6.07) is 0. The van der Waals surface area contributed by atoms with Gasteiger partial charge in [-0.05, 0) is 6.42 Å². The number of nitrogens with two attached hydrogens (primary N) is 1. The average Bonchev–Trinajstić information content (AvgIpc) is 1.89. The second-order valence-corrected chi connectivity index (χ2v) is 2.08. The molecular weight excluding hydrogens is 132 g/mol. The Morgan fingerprint density at radius 3 is 2.60 bits per heavy atom. The van der Waals surface area contributed by atoms with E-state index in [0.29, 0.717) is 6.54 Å². The molecule has 60 valence electrons. The van der Waals surface area contributed by atoms with E-state index in [0.717, 1.165) is 12.8 Å². The predicted molar refractivity (Wildman–Crippen MR) is 38.7 cm³/mol. The molecule has 10 heavy (non-hydrogen) atoms. The Bertz CT molecular complexity index is 106. The Kier molecular flexibility index (Phi) is 4.66. The van der Waals surface area contributed by atoms with Gasteiger partial charge in [0.1, 0.15) is 0 Å². The highest BCUT2D eigenvalue weighted by Gasteiger charge is 2.06. The summed E-state index contributed by atoms with van der Waals surface area (Å²) in [4.78, 5) is 11.5. The highest BCUT2D eigenvalue weighted by molar-refractivity contribution is 5.64. The molecule has 0 aliphatic heterocycles. The van der Waals surface area contributed by atoms with Crippen molar-refractivity contribution in [1.82, 2.24) is 4.90 Å². The van der Waals surface area contributed by atoms with Crippen molar-refractivity contribution in [2.75, 3.05) is 13.2 Å². The monoisotopic (exact) mass is 146 g/mol. The molecule has 0 saturated heterocycles. The summed E-state index contributed by atoms with van der Waals surface area (Å²) in [7, 11) is 0. The Labute approximate surface area is 60.6 Å². The van der Waals surface area contributed by atoms with E-state index in [1.165, 1.54) is 4.90 Å². The molecule has 0 atom stereocenters. The van der Waals surface area contributed by atoms with Crippen LogP contribution in [0, 0.1) is 0 Å². The number of rotatable bonds is 4. The SMILES string of the molecule is CCCCN(CN)C(=O)O. The van der Waals surface area contributed by atoms with Crippen LogP contribution < -0.4 is 5.73 Å². The van der Waals surface area contributed by atoms with Crippen LogP contribution in [0.2, 0.25) is 0 Å². The van der Waals surface area contributed by atoms with Crippen molar-refractivity contribution >= 4 is 6.09 Å². The molecule has 0 aromatic rings. The Balaban J connectivity index is 3.50. The molecule has 0 saturated carbocycles. The summed E-state index contributed by atoms with van der Waals surface area (Å²) in [5.41, 5.74) is 5.16. The third kappa shape index (κ3) is 3.29. The van der Waals surface area contributed by atoms with Crippen LogP contribution in [0.3, 0.4) is 0 Å². The van der Waals surface area contributed by atoms with Crippen LogP contribution in [-0.2, 0) is 0 Å². The van der Waals surface area contributed by atoms with Crippen LogP contribution in [0.4, 0.5) is 4.79 Å². The molecule has 0 aromatic carbocycles. The van der Waals surface area contributed by atoms with E-state index in [9.17, 15) is 4.79 Å². The number of carbonyl (C=O) groups is 1. The minimum atomic E-state index is -0.934. The fourth-order valence-electron chi connectivity index (χ4n) is 0.614. The van der Waals surface area contributed by atoms with Crippen molar-refractivity contribution in [3.05, 3.63) is 0 Å². The van der Waals surface area contributed by atoms with E-state index in [-0.39, 0.29) is 6.67 Å². The molecule has 4 heteroatoms. The van der Waals surface area contributed by atoms with Crippen molar-refractivity contribution < 1.29 is 9.90 Å². The maximum absolute atomic E-state index is 10.3. The van der Waals surface area contributed by atoms with E-state index in [2.05, 4.69) is 0 Å². The van der Waals surface area contributed by atoms with Crippen LogP contribution in [-0.4, -0.2) is 29.3 Å². The van der Waals surface area contributed by atoms with Gasteiger partial charge in [0.15, 0.2) is 0 Å². The van der Waals surface area contributed by atoms with Gasteiger partial charge in [0, 0.05) is 6.54 Å². The smallest absolute Gasteiger partial charge is 0.408 e. The third-order valence-electron chi connectivity index (χ3n) is 1.27. The Hall–Kier alpha value is -0.770. The first-order valence-corrected chi connectivity index (χ1v) is 3.40. The molecule has 1 amide bonds. The van der Waals surface area contributed by atoms with E-state index in [4.69, 9.17) is 10.8 Å². The summed E-state index contributed by atoms with van der Waals surface area (Å²) < 4.78 is 0. The molecule has 3 N–H and O–H groups in total. The number of nitrogens with zero attached hydrogens (tertiary/aromatic N) is 1. The molecule has 0 heterocycles. The highest BCUT2D eigenvalue weighted by Crippen LogP contribution is 1.92. The van der Waals surface area contributed by atoms with Gasteiger partial charge in [-0.1, -0.05) is 13.3 Å². The van der Waals surface area contributed by atoms with Crippen molar-refractivity contribution in [2.24, 2.45) is 5.73 Å². The standard InChI is InChI=1S/C6H14N2O2/c1-2-3-4-8(5-7)6(9)10/h2-5,7H2,1H3,(H,9,10). The second-order valence-electron chi connectivity index (χ2n) is 2.08. The summed E-state index contributed by atoms with van der Waals surface area (Å²) in [5, 5.41) is 8.45. The molecule has 0 aromatic heterocycles. The molecule has 0 fully saturated rings. The molecule has 0 aliphatic carbocycles. The van der Waals surface area contributed by atoms with E-state index in [1.54, 1.807) is 0 Å². The van der Waals surface area contributed by atoms with E-state index < -0.39 is 6.09 Å². The van der Waals surface area contributed by atoms with Gasteiger partial charge in [-0.2, -0.15) is 0 Å².